The molecule has 1 heterocycles. The van der Waals surface area contributed by atoms with Crippen LogP contribution < -0.4 is 5.32 Å². The van der Waals surface area contributed by atoms with Gasteiger partial charge in [0.15, 0.2) is 0 Å². The molecule has 1 aliphatic rings. The maximum absolute atomic E-state index is 9.41. The Bertz CT molecular complexity index is 342. The molecule has 3 nitrogen and oxygen atoms in total. The number of ether oxygens (including phenoxy) is 1. The lowest BCUT2D eigenvalue weighted by atomic mass is 10.1. The fourth-order valence-electron chi connectivity index (χ4n) is 2.43. The molecule has 2 rings (SSSR count). The summed E-state index contributed by atoms with van der Waals surface area (Å²) < 4.78 is 5.76. The molecular formula is C15H23NO2. The molecule has 1 fully saturated rings. The Hall–Kier alpha value is -0.900. The summed E-state index contributed by atoms with van der Waals surface area (Å²) in [5, 5.41) is 12.8. The highest BCUT2D eigenvalue weighted by Gasteiger charge is 2.22. The largest absolute Gasteiger partial charge is 0.395 e. The first kappa shape index (κ1) is 13.5. The van der Waals surface area contributed by atoms with Gasteiger partial charge in [-0.2, -0.15) is 0 Å². The lowest BCUT2D eigenvalue weighted by Gasteiger charge is -2.19. The van der Waals surface area contributed by atoms with Crippen LogP contribution in [0.1, 0.15) is 25.3 Å². The molecule has 0 amide bonds. The molecule has 3 heteroatoms. The fourth-order valence-corrected chi connectivity index (χ4v) is 2.43. The molecule has 0 saturated carbocycles. The van der Waals surface area contributed by atoms with Crippen molar-refractivity contribution < 1.29 is 9.84 Å². The van der Waals surface area contributed by atoms with Crippen LogP contribution in [0.5, 0.6) is 0 Å². The van der Waals surface area contributed by atoms with Gasteiger partial charge in [-0.25, -0.2) is 0 Å². The number of rotatable bonds is 6. The zero-order valence-electron chi connectivity index (χ0n) is 11.0. The molecule has 0 aromatic heterocycles. The van der Waals surface area contributed by atoms with E-state index in [9.17, 15) is 5.11 Å². The second kappa shape index (κ2) is 6.88. The van der Waals surface area contributed by atoms with Crippen LogP contribution in [0.3, 0.4) is 0 Å². The zero-order valence-corrected chi connectivity index (χ0v) is 11.0. The summed E-state index contributed by atoms with van der Waals surface area (Å²) in [4.78, 5) is 0. The number of hydrogen-bond donors (Lipinski definition) is 2. The van der Waals surface area contributed by atoms with Crippen molar-refractivity contribution in [3.05, 3.63) is 35.9 Å². The molecule has 0 aliphatic carbocycles. The molecule has 1 aromatic rings. The molecule has 0 radical (unpaired) electrons. The Labute approximate surface area is 109 Å². The van der Waals surface area contributed by atoms with E-state index in [0.717, 1.165) is 25.8 Å². The quantitative estimate of drug-likeness (QED) is 0.807. The Morgan fingerprint density at radius 3 is 2.72 bits per heavy atom. The lowest BCUT2D eigenvalue weighted by molar-refractivity contribution is 0.0527. The van der Waals surface area contributed by atoms with Gasteiger partial charge in [-0.05, 0) is 31.7 Å². The number of aliphatic hydroxyl groups is 1. The van der Waals surface area contributed by atoms with E-state index >= 15 is 0 Å². The molecular weight excluding hydrogens is 226 g/mol. The topological polar surface area (TPSA) is 41.5 Å². The van der Waals surface area contributed by atoms with Crippen molar-refractivity contribution in [1.29, 1.82) is 0 Å². The van der Waals surface area contributed by atoms with E-state index in [1.807, 2.05) is 18.2 Å². The van der Waals surface area contributed by atoms with Crippen molar-refractivity contribution in [3.63, 3.8) is 0 Å². The Morgan fingerprint density at radius 1 is 1.33 bits per heavy atom. The average Bonchev–Trinajstić information content (AvgIpc) is 2.81. The van der Waals surface area contributed by atoms with Crippen molar-refractivity contribution in [2.24, 2.45) is 0 Å². The van der Waals surface area contributed by atoms with E-state index in [2.05, 4.69) is 24.4 Å². The highest BCUT2D eigenvalue weighted by atomic mass is 16.5. The summed E-state index contributed by atoms with van der Waals surface area (Å²) in [7, 11) is 0. The number of hydrogen-bond acceptors (Lipinski definition) is 3. The normalized spacial score (nSPS) is 25.2. The van der Waals surface area contributed by atoms with Gasteiger partial charge < -0.3 is 15.2 Å². The average molecular weight is 249 g/mol. The third kappa shape index (κ3) is 4.09. The molecule has 100 valence electrons. The molecule has 0 spiro atoms. The molecule has 3 atom stereocenters. The van der Waals surface area contributed by atoms with Crippen LogP contribution in [0.25, 0.3) is 0 Å². The third-order valence-electron chi connectivity index (χ3n) is 3.50. The number of benzene rings is 1. The second-order valence-electron chi connectivity index (χ2n) is 5.12. The lowest BCUT2D eigenvalue weighted by Crippen LogP contribution is -2.39. The molecule has 1 aromatic carbocycles. The Balaban J connectivity index is 1.75. The summed E-state index contributed by atoms with van der Waals surface area (Å²) in [6.45, 7) is 3.12. The van der Waals surface area contributed by atoms with Crippen LogP contribution in [-0.4, -0.2) is 36.5 Å². The van der Waals surface area contributed by atoms with E-state index in [1.54, 1.807) is 0 Å². The first-order chi connectivity index (χ1) is 8.78. The van der Waals surface area contributed by atoms with E-state index in [1.165, 1.54) is 5.56 Å². The highest BCUT2D eigenvalue weighted by molar-refractivity contribution is 5.15. The monoisotopic (exact) mass is 249 g/mol. The van der Waals surface area contributed by atoms with E-state index in [0.29, 0.717) is 12.2 Å². The van der Waals surface area contributed by atoms with Gasteiger partial charge in [-0.3, -0.25) is 0 Å². The summed E-state index contributed by atoms with van der Waals surface area (Å²) >= 11 is 0. The van der Waals surface area contributed by atoms with Crippen LogP contribution >= 0.6 is 0 Å². The van der Waals surface area contributed by atoms with Crippen molar-refractivity contribution in [1.82, 2.24) is 5.32 Å². The minimum atomic E-state index is 0.118. The van der Waals surface area contributed by atoms with E-state index in [-0.39, 0.29) is 12.6 Å². The predicted molar refractivity (Wildman–Crippen MR) is 72.6 cm³/mol. The van der Waals surface area contributed by atoms with E-state index in [4.69, 9.17) is 4.74 Å². The van der Waals surface area contributed by atoms with Gasteiger partial charge in [-0.1, -0.05) is 30.3 Å². The van der Waals surface area contributed by atoms with Gasteiger partial charge in [0, 0.05) is 12.6 Å². The molecule has 1 aliphatic heterocycles. The first-order valence-electron chi connectivity index (χ1n) is 6.81. The van der Waals surface area contributed by atoms with Crippen LogP contribution in [0.4, 0.5) is 0 Å². The van der Waals surface area contributed by atoms with Crippen LogP contribution in [0, 0.1) is 0 Å². The van der Waals surface area contributed by atoms with Crippen LogP contribution in [-0.2, 0) is 11.2 Å². The van der Waals surface area contributed by atoms with Crippen molar-refractivity contribution in [2.75, 3.05) is 13.2 Å². The van der Waals surface area contributed by atoms with Gasteiger partial charge >= 0.3 is 0 Å². The molecule has 2 N–H and O–H groups in total. The van der Waals surface area contributed by atoms with Gasteiger partial charge in [0.2, 0.25) is 0 Å². The summed E-state index contributed by atoms with van der Waals surface area (Å²) in [6, 6.07) is 10.4. The standard InChI is InChI=1S/C15H23NO2/c1-12-7-8-15(18-12)10-16-14(11-17)9-13-5-3-2-4-6-13/h2-6,12,14-17H,7-11H2,1H3/t12?,14-,15?/m1/s1. The minimum Gasteiger partial charge on any atom is -0.395 e. The van der Waals surface area contributed by atoms with Gasteiger partial charge in [0.05, 0.1) is 18.8 Å². The van der Waals surface area contributed by atoms with Gasteiger partial charge in [0.25, 0.3) is 0 Å². The maximum atomic E-state index is 9.41. The van der Waals surface area contributed by atoms with Crippen molar-refractivity contribution in [3.8, 4) is 0 Å². The number of aliphatic hydroxyl groups excluding tert-OH is 1. The molecule has 1 saturated heterocycles. The van der Waals surface area contributed by atoms with Crippen LogP contribution in [0.15, 0.2) is 30.3 Å². The fraction of sp³-hybridized carbons (Fsp3) is 0.600. The summed E-state index contributed by atoms with van der Waals surface area (Å²) in [5.74, 6) is 0. The van der Waals surface area contributed by atoms with Gasteiger partial charge in [-0.15, -0.1) is 0 Å². The number of nitrogens with one attached hydrogen (secondary N) is 1. The van der Waals surface area contributed by atoms with E-state index < -0.39 is 0 Å². The maximum Gasteiger partial charge on any atom is 0.0704 e. The minimum absolute atomic E-state index is 0.118. The van der Waals surface area contributed by atoms with Crippen LogP contribution in [0.2, 0.25) is 0 Å². The second-order valence-corrected chi connectivity index (χ2v) is 5.12. The van der Waals surface area contributed by atoms with Crippen molar-refractivity contribution >= 4 is 0 Å². The SMILES string of the molecule is CC1CCC(CN[C@@H](CO)Cc2ccccc2)O1. The molecule has 2 unspecified atom stereocenters. The first-order valence-corrected chi connectivity index (χ1v) is 6.81. The Morgan fingerprint density at radius 2 is 2.11 bits per heavy atom. The smallest absolute Gasteiger partial charge is 0.0704 e. The highest BCUT2D eigenvalue weighted by Crippen LogP contribution is 2.18. The van der Waals surface area contributed by atoms with Gasteiger partial charge in [0.1, 0.15) is 0 Å². The van der Waals surface area contributed by atoms with Crippen molar-refractivity contribution in [2.45, 2.75) is 44.4 Å². The molecule has 18 heavy (non-hydrogen) atoms. The third-order valence-corrected chi connectivity index (χ3v) is 3.50. The molecule has 0 bridgehead atoms. The predicted octanol–water partition coefficient (Wildman–Crippen LogP) is 1.75. The summed E-state index contributed by atoms with van der Waals surface area (Å²) in [5.41, 5.74) is 1.25. The Kier molecular flexibility index (Phi) is 5.17. The summed E-state index contributed by atoms with van der Waals surface area (Å²) in [6.07, 6.45) is 3.83. The zero-order chi connectivity index (χ0) is 12.8.